The van der Waals surface area contributed by atoms with Crippen LogP contribution in [0.25, 0.3) is 0 Å². The summed E-state index contributed by atoms with van der Waals surface area (Å²) in [5, 5.41) is 4.11. The molecular formula is C18H26N4O3S. The highest BCUT2D eigenvalue weighted by atomic mass is 32.2. The number of aryl methyl sites for hydroxylation is 1. The van der Waals surface area contributed by atoms with Gasteiger partial charge in [0.25, 0.3) is 0 Å². The largest absolute Gasteiger partial charge is 0.497 e. The quantitative estimate of drug-likeness (QED) is 0.764. The molecule has 1 aromatic heterocycles. The van der Waals surface area contributed by atoms with E-state index in [1.807, 2.05) is 45.3 Å². The van der Waals surface area contributed by atoms with Crippen LogP contribution in [0.4, 0.5) is 0 Å². The maximum Gasteiger partial charge on any atom is 0.246 e. The first kappa shape index (κ1) is 18.9. The number of hydrogen-bond acceptors (Lipinski definition) is 5. The van der Waals surface area contributed by atoms with Crippen molar-refractivity contribution in [3.05, 3.63) is 42.2 Å². The average Bonchev–Trinajstić information content (AvgIpc) is 3.29. The molecule has 1 aromatic carbocycles. The van der Waals surface area contributed by atoms with Gasteiger partial charge in [-0.25, -0.2) is 8.42 Å². The Balaban J connectivity index is 1.88. The van der Waals surface area contributed by atoms with Crippen molar-refractivity contribution in [2.75, 3.05) is 34.3 Å². The third kappa shape index (κ3) is 3.49. The summed E-state index contributed by atoms with van der Waals surface area (Å²) in [5.74, 6) is 0.900. The Labute approximate surface area is 155 Å². The van der Waals surface area contributed by atoms with E-state index in [-0.39, 0.29) is 16.9 Å². The molecule has 0 saturated carbocycles. The standard InChI is InChI=1S/C18H26N4O3S/c1-5-21-11-16(10-19-21)26(23,24)22-12-17(18(13-22)20(2)3)14-6-8-15(25-4)9-7-14/h6-11,17-18H,5,12-13H2,1-4H3/t17-,18+/m0/s1. The fourth-order valence-electron chi connectivity index (χ4n) is 3.45. The highest BCUT2D eigenvalue weighted by Crippen LogP contribution is 2.34. The maximum atomic E-state index is 13.0. The van der Waals surface area contributed by atoms with E-state index in [1.165, 1.54) is 6.20 Å². The van der Waals surface area contributed by atoms with Gasteiger partial charge in [-0.2, -0.15) is 9.40 Å². The van der Waals surface area contributed by atoms with Gasteiger partial charge in [-0.05, 0) is 38.7 Å². The lowest BCUT2D eigenvalue weighted by atomic mass is 9.94. The van der Waals surface area contributed by atoms with Crippen molar-refractivity contribution >= 4 is 10.0 Å². The van der Waals surface area contributed by atoms with Crippen LogP contribution in [0.5, 0.6) is 5.75 Å². The van der Waals surface area contributed by atoms with E-state index in [4.69, 9.17) is 4.74 Å². The molecule has 0 spiro atoms. The molecule has 3 rings (SSSR count). The number of sulfonamides is 1. The normalized spacial score (nSPS) is 21.4. The topological polar surface area (TPSA) is 67.7 Å². The summed E-state index contributed by atoms with van der Waals surface area (Å²) >= 11 is 0. The monoisotopic (exact) mass is 378 g/mol. The minimum Gasteiger partial charge on any atom is -0.497 e. The van der Waals surface area contributed by atoms with Crippen LogP contribution in [-0.2, 0) is 16.6 Å². The Hall–Kier alpha value is -1.90. The SMILES string of the molecule is CCn1cc(S(=O)(=O)N2C[C@@H](N(C)C)[C@H](c3ccc(OC)cc3)C2)cn1. The number of rotatable bonds is 6. The van der Waals surface area contributed by atoms with Crippen LogP contribution in [0, 0.1) is 0 Å². The summed E-state index contributed by atoms with van der Waals surface area (Å²) in [4.78, 5) is 2.35. The number of methoxy groups -OCH3 is 1. The second kappa shape index (κ2) is 7.38. The molecule has 0 unspecified atom stereocenters. The number of ether oxygens (including phenoxy) is 1. The summed E-state index contributed by atoms with van der Waals surface area (Å²) in [7, 11) is 2.07. The Morgan fingerprint density at radius 2 is 1.92 bits per heavy atom. The molecule has 8 heteroatoms. The van der Waals surface area contributed by atoms with E-state index in [9.17, 15) is 8.42 Å². The Morgan fingerprint density at radius 3 is 2.46 bits per heavy atom. The summed E-state index contributed by atoms with van der Waals surface area (Å²) in [6.45, 7) is 3.49. The lowest BCUT2D eigenvalue weighted by Gasteiger charge is -2.25. The molecular weight excluding hydrogens is 352 g/mol. The Bertz CT molecular complexity index is 846. The molecule has 1 aliphatic heterocycles. The van der Waals surface area contributed by atoms with Crippen LogP contribution < -0.4 is 4.74 Å². The summed E-state index contributed by atoms with van der Waals surface area (Å²) in [6, 6.07) is 7.99. The van der Waals surface area contributed by atoms with Gasteiger partial charge in [0, 0.05) is 37.8 Å². The van der Waals surface area contributed by atoms with Crippen LogP contribution in [0.3, 0.4) is 0 Å². The molecule has 1 saturated heterocycles. The van der Waals surface area contributed by atoms with Crippen molar-refractivity contribution in [3.8, 4) is 5.75 Å². The van der Waals surface area contributed by atoms with Gasteiger partial charge >= 0.3 is 0 Å². The average molecular weight is 378 g/mol. The highest BCUT2D eigenvalue weighted by molar-refractivity contribution is 7.89. The zero-order valence-corrected chi connectivity index (χ0v) is 16.5. The molecule has 2 heterocycles. The number of likely N-dealkylation sites (N-methyl/N-ethyl adjacent to an activating group) is 1. The zero-order chi connectivity index (χ0) is 18.9. The second-order valence-corrected chi connectivity index (χ2v) is 8.70. The highest BCUT2D eigenvalue weighted by Gasteiger charge is 2.41. The minimum absolute atomic E-state index is 0.104. The Morgan fingerprint density at radius 1 is 1.23 bits per heavy atom. The third-order valence-corrected chi connectivity index (χ3v) is 6.82. The molecule has 2 aromatic rings. The molecule has 7 nitrogen and oxygen atoms in total. The molecule has 0 amide bonds. The second-order valence-electron chi connectivity index (χ2n) is 6.76. The third-order valence-electron chi connectivity index (χ3n) is 5.03. The molecule has 0 bridgehead atoms. The van der Waals surface area contributed by atoms with Crippen molar-refractivity contribution in [2.24, 2.45) is 0 Å². The van der Waals surface area contributed by atoms with E-state index in [2.05, 4.69) is 10.00 Å². The van der Waals surface area contributed by atoms with Crippen LogP contribution in [0.2, 0.25) is 0 Å². The van der Waals surface area contributed by atoms with Crippen LogP contribution in [-0.4, -0.2) is 67.7 Å². The van der Waals surface area contributed by atoms with E-state index in [0.29, 0.717) is 19.6 Å². The first-order valence-electron chi connectivity index (χ1n) is 8.69. The van der Waals surface area contributed by atoms with Crippen LogP contribution in [0.1, 0.15) is 18.4 Å². The van der Waals surface area contributed by atoms with Crippen molar-refractivity contribution in [1.82, 2.24) is 19.0 Å². The molecule has 142 valence electrons. The van der Waals surface area contributed by atoms with Gasteiger partial charge in [-0.1, -0.05) is 12.1 Å². The fourth-order valence-corrected chi connectivity index (χ4v) is 4.89. The molecule has 0 radical (unpaired) electrons. The van der Waals surface area contributed by atoms with Crippen molar-refractivity contribution in [2.45, 2.75) is 30.3 Å². The molecule has 26 heavy (non-hydrogen) atoms. The molecule has 1 fully saturated rings. The number of hydrogen-bond donors (Lipinski definition) is 0. The maximum absolute atomic E-state index is 13.0. The number of benzene rings is 1. The van der Waals surface area contributed by atoms with Gasteiger partial charge in [0.1, 0.15) is 10.6 Å². The molecule has 0 N–H and O–H groups in total. The predicted molar refractivity (Wildman–Crippen MR) is 99.9 cm³/mol. The lowest BCUT2D eigenvalue weighted by molar-refractivity contribution is 0.285. The predicted octanol–water partition coefficient (Wildman–Crippen LogP) is 1.63. The Kier molecular flexibility index (Phi) is 5.36. The van der Waals surface area contributed by atoms with Gasteiger partial charge in [0.15, 0.2) is 0 Å². The summed E-state index contributed by atoms with van der Waals surface area (Å²) in [6.07, 6.45) is 3.03. The smallest absolute Gasteiger partial charge is 0.246 e. The molecule has 1 aliphatic rings. The van der Waals surface area contributed by atoms with Crippen LogP contribution in [0.15, 0.2) is 41.6 Å². The van der Waals surface area contributed by atoms with Gasteiger partial charge in [0.2, 0.25) is 10.0 Å². The van der Waals surface area contributed by atoms with Crippen molar-refractivity contribution < 1.29 is 13.2 Å². The van der Waals surface area contributed by atoms with Gasteiger partial charge in [-0.3, -0.25) is 4.68 Å². The van der Waals surface area contributed by atoms with E-state index >= 15 is 0 Å². The van der Waals surface area contributed by atoms with Crippen molar-refractivity contribution in [3.63, 3.8) is 0 Å². The zero-order valence-electron chi connectivity index (χ0n) is 15.7. The summed E-state index contributed by atoms with van der Waals surface area (Å²) in [5.41, 5.74) is 1.12. The summed E-state index contributed by atoms with van der Waals surface area (Å²) < 4.78 is 34.5. The molecule has 0 aliphatic carbocycles. The minimum atomic E-state index is -3.55. The van der Waals surface area contributed by atoms with E-state index in [0.717, 1.165) is 11.3 Å². The molecule has 2 atom stereocenters. The first-order valence-corrected chi connectivity index (χ1v) is 10.1. The van der Waals surface area contributed by atoms with Gasteiger partial charge < -0.3 is 9.64 Å². The van der Waals surface area contributed by atoms with Crippen LogP contribution >= 0.6 is 0 Å². The van der Waals surface area contributed by atoms with Gasteiger partial charge in [0.05, 0.1) is 13.3 Å². The number of aromatic nitrogens is 2. The lowest BCUT2D eigenvalue weighted by Crippen LogP contribution is -2.35. The first-order chi connectivity index (χ1) is 12.4. The fraction of sp³-hybridized carbons (Fsp3) is 0.500. The van der Waals surface area contributed by atoms with Gasteiger partial charge in [-0.15, -0.1) is 0 Å². The van der Waals surface area contributed by atoms with E-state index < -0.39 is 10.0 Å². The number of nitrogens with zero attached hydrogens (tertiary/aromatic N) is 4. The van der Waals surface area contributed by atoms with E-state index in [1.54, 1.807) is 22.3 Å². The van der Waals surface area contributed by atoms with Crippen molar-refractivity contribution in [1.29, 1.82) is 0 Å².